The van der Waals surface area contributed by atoms with E-state index in [1.807, 2.05) is 6.07 Å². The van der Waals surface area contributed by atoms with Crippen LogP contribution in [0.4, 0.5) is 4.79 Å². The van der Waals surface area contributed by atoms with Crippen molar-refractivity contribution >= 4 is 22.8 Å². The summed E-state index contributed by atoms with van der Waals surface area (Å²) < 4.78 is 0. The van der Waals surface area contributed by atoms with Crippen LogP contribution < -0.4 is 10.6 Å². The number of nitrogens with one attached hydrogen (secondary N) is 3. The van der Waals surface area contributed by atoms with E-state index in [9.17, 15) is 14.7 Å². The van der Waals surface area contributed by atoms with Crippen molar-refractivity contribution in [1.82, 2.24) is 15.6 Å². The van der Waals surface area contributed by atoms with Crippen molar-refractivity contribution < 1.29 is 14.7 Å². The van der Waals surface area contributed by atoms with Crippen LogP contribution in [0.1, 0.15) is 5.69 Å². The van der Waals surface area contributed by atoms with Gasteiger partial charge in [0.25, 0.3) is 5.91 Å². The number of benzene rings is 1. The Morgan fingerprint density at radius 1 is 1.22 bits per heavy atom. The first-order valence-electron chi connectivity index (χ1n) is 5.54. The van der Waals surface area contributed by atoms with E-state index in [0.717, 1.165) is 16.6 Å². The van der Waals surface area contributed by atoms with Crippen LogP contribution in [0, 0.1) is 0 Å². The van der Waals surface area contributed by atoms with Gasteiger partial charge in [0, 0.05) is 23.0 Å². The molecule has 0 unspecified atom stereocenters. The van der Waals surface area contributed by atoms with Crippen LogP contribution >= 0.6 is 0 Å². The maximum absolute atomic E-state index is 11.4. The van der Waals surface area contributed by atoms with Crippen molar-refractivity contribution in [2.24, 2.45) is 0 Å². The van der Waals surface area contributed by atoms with Crippen LogP contribution in [0.3, 0.4) is 0 Å². The molecule has 0 bridgehead atoms. The zero-order valence-electron chi connectivity index (χ0n) is 9.36. The molecule has 3 rings (SSSR count). The Morgan fingerprint density at radius 2 is 2.06 bits per heavy atom. The number of carbonyl (C=O) groups excluding carboxylic acids is 2. The normalized spacial score (nSPS) is 19.0. The van der Waals surface area contributed by atoms with E-state index in [4.69, 9.17) is 0 Å². The lowest BCUT2D eigenvalue weighted by molar-refractivity contribution is -0.120. The van der Waals surface area contributed by atoms with Crippen LogP contribution in [0.2, 0.25) is 0 Å². The van der Waals surface area contributed by atoms with E-state index >= 15 is 0 Å². The molecule has 2 aromatic rings. The van der Waals surface area contributed by atoms with E-state index in [-0.39, 0.29) is 11.7 Å². The highest BCUT2D eigenvalue weighted by Crippen LogP contribution is 2.21. The summed E-state index contributed by atoms with van der Waals surface area (Å²) >= 11 is 0. The van der Waals surface area contributed by atoms with Gasteiger partial charge in [0.05, 0.1) is 0 Å². The first kappa shape index (κ1) is 10.6. The van der Waals surface area contributed by atoms with Crippen molar-refractivity contribution in [2.75, 3.05) is 0 Å². The Kier molecular flexibility index (Phi) is 2.22. The van der Waals surface area contributed by atoms with Gasteiger partial charge in [-0.1, -0.05) is 0 Å². The highest BCUT2D eigenvalue weighted by atomic mass is 16.3. The largest absolute Gasteiger partial charge is 0.508 e. The van der Waals surface area contributed by atoms with E-state index in [2.05, 4.69) is 15.6 Å². The van der Waals surface area contributed by atoms with Crippen LogP contribution in [-0.4, -0.2) is 28.1 Å². The minimum absolute atomic E-state index is 0.194. The molecule has 0 aliphatic carbocycles. The average Bonchev–Trinajstić information content (AvgIpc) is 2.82. The van der Waals surface area contributed by atoms with E-state index in [0.29, 0.717) is 6.42 Å². The molecule has 1 atom stereocenters. The van der Waals surface area contributed by atoms with Gasteiger partial charge in [0.1, 0.15) is 11.8 Å². The number of phenols is 1. The summed E-state index contributed by atoms with van der Waals surface area (Å²) in [5.74, 6) is -0.124. The molecule has 18 heavy (non-hydrogen) atoms. The maximum atomic E-state index is 11.4. The molecule has 1 aliphatic heterocycles. The van der Waals surface area contributed by atoms with Crippen molar-refractivity contribution in [3.8, 4) is 5.75 Å². The summed E-state index contributed by atoms with van der Waals surface area (Å²) in [4.78, 5) is 25.5. The number of rotatable bonds is 2. The Bertz CT molecular complexity index is 647. The predicted molar refractivity (Wildman–Crippen MR) is 64.1 cm³/mol. The average molecular weight is 245 g/mol. The molecule has 6 heteroatoms. The number of fused-ring (bicyclic) bond motifs is 1. The molecule has 6 nitrogen and oxygen atoms in total. The molecule has 92 valence electrons. The molecule has 0 radical (unpaired) electrons. The van der Waals surface area contributed by atoms with Gasteiger partial charge in [-0.2, -0.15) is 0 Å². The summed E-state index contributed by atoms with van der Waals surface area (Å²) in [6.07, 6.45) is 0.396. The molecule has 1 aliphatic rings. The fourth-order valence-corrected chi connectivity index (χ4v) is 2.11. The lowest BCUT2D eigenvalue weighted by Crippen LogP contribution is -2.31. The number of urea groups is 1. The summed E-state index contributed by atoms with van der Waals surface area (Å²) in [6, 6.07) is 5.85. The first-order valence-corrected chi connectivity index (χ1v) is 5.54. The van der Waals surface area contributed by atoms with Crippen molar-refractivity contribution in [3.05, 3.63) is 30.0 Å². The number of amides is 3. The second kappa shape index (κ2) is 3.76. The first-order chi connectivity index (χ1) is 8.61. The summed E-state index contributed by atoms with van der Waals surface area (Å²) in [7, 11) is 0. The lowest BCUT2D eigenvalue weighted by atomic mass is 10.1. The Balaban J connectivity index is 1.87. The number of imide groups is 1. The molecule has 0 saturated carbocycles. The van der Waals surface area contributed by atoms with Crippen LogP contribution in [0.15, 0.2) is 24.3 Å². The molecule has 1 aromatic heterocycles. The van der Waals surface area contributed by atoms with Gasteiger partial charge in [-0.25, -0.2) is 4.79 Å². The third-order valence-electron chi connectivity index (χ3n) is 2.94. The molecule has 4 N–H and O–H groups in total. The number of carbonyl (C=O) groups is 2. The number of H-pyrrole nitrogens is 1. The van der Waals surface area contributed by atoms with Crippen molar-refractivity contribution in [2.45, 2.75) is 12.5 Å². The third kappa shape index (κ3) is 1.77. The SMILES string of the molecule is O=C1NC(=O)[C@@H](Cc2cc3cc(O)ccc3[nH]2)N1. The van der Waals surface area contributed by atoms with Crippen LogP contribution in [0.25, 0.3) is 10.9 Å². The van der Waals surface area contributed by atoms with Gasteiger partial charge in [-0.15, -0.1) is 0 Å². The van der Waals surface area contributed by atoms with Gasteiger partial charge in [0.15, 0.2) is 0 Å². The minimum Gasteiger partial charge on any atom is -0.508 e. The smallest absolute Gasteiger partial charge is 0.322 e. The topological polar surface area (TPSA) is 94.2 Å². The molecule has 1 fully saturated rings. The van der Waals surface area contributed by atoms with E-state index < -0.39 is 12.1 Å². The summed E-state index contributed by atoms with van der Waals surface area (Å²) in [6.45, 7) is 0. The zero-order chi connectivity index (χ0) is 12.7. The second-order valence-corrected chi connectivity index (χ2v) is 4.29. The van der Waals surface area contributed by atoms with Crippen molar-refractivity contribution in [3.63, 3.8) is 0 Å². The standard InChI is InChI=1S/C12H11N3O3/c16-8-1-2-9-6(4-8)3-7(13-9)5-10-11(17)15-12(18)14-10/h1-4,10,13,16H,5H2,(H2,14,15,17,18)/t10-/m1/s1. The second-order valence-electron chi connectivity index (χ2n) is 4.29. The molecule has 3 amide bonds. The monoisotopic (exact) mass is 245 g/mol. The number of hydrogen-bond donors (Lipinski definition) is 4. The molecule has 1 aromatic carbocycles. The minimum atomic E-state index is -0.542. The lowest BCUT2D eigenvalue weighted by Gasteiger charge is -2.04. The van der Waals surface area contributed by atoms with Crippen LogP contribution in [0.5, 0.6) is 5.75 Å². The van der Waals surface area contributed by atoms with Gasteiger partial charge >= 0.3 is 6.03 Å². The maximum Gasteiger partial charge on any atom is 0.322 e. The quantitative estimate of drug-likeness (QED) is 0.584. The molecular formula is C12H11N3O3. The number of phenolic OH excluding ortho intramolecular Hbond substituents is 1. The fraction of sp³-hybridized carbons (Fsp3) is 0.167. The number of aromatic amines is 1. The molecular weight excluding hydrogens is 234 g/mol. The van der Waals surface area contributed by atoms with Crippen LogP contribution in [-0.2, 0) is 11.2 Å². The summed E-state index contributed by atoms with van der Waals surface area (Å²) in [5, 5.41) is 15.0. The highest BCUT2D eigenvalue weighted by molar-refractivity contribution is 6.04. The molecule has 1 saturated heterocycles. The third-order valence-corrected chi connectivity index (χ3v) is 2.94. The number of hydrogen-bond acceptors (Lipinski definition) is 3. The van der Waals surface area contributed by atoms with Gasteiger partial charge in [-0.3, -0.25) is 10.1 Å². The fourth-order valence-electron chi connectivity index (χ4n) is 2.11. The number of aromatic nitrogens is 1. The molecule has 2 heterocycles. The predicted octanol–water partition coefficient (Wildman–Crippen LogP) is 0.624. The van der Waals surface area contributed by atoms with Crippen molar-refractivity contribution in [1.29, 1.82) is 0 Å². The number of aromatic hydroxyl groups is 1. The van der Waals surface area contributed by atoms with E-state index in [1.165, 1.54) is 0 Å². The zero-order valence-corrected chi connectivity index (χ0v) is 9.36. The van der Waals surface area contributed by atoms with E-state index in [1.54, 1.807) is 18.2 Å². The summed E-state index contributed by atoms with van der Waals surface area (Å²) in [5.41, 5.74) is 1.71. The van der Waals surface area contributed by atoms with Gasteiger partial charge in [-0.05, 0) is 24.3 Å². The molecule has 0 spiro atoms. The Morgan fingerprint density at radius 3 is 2.78 bits per heavy atom. The highest BCUT2D eigenvalue weighted by Gasteiger charge is 2.29. The Labute approximate surface area is 102 Å². The Hall–Kier alpha value is -2.50. The van der Waals surface area contributed by atoms with Gasteiger partial charge in [0.2, 0.25) is 0 Å². The van der Waals surface area contributed by atoms with Gasteiger partial charge < -0.3 is 15.4 Å².